The van der Waals surface area contributed by atoms with E-state index < -0.39 is 17.8 Å². The quantitative estimate of drug-likeness (QED) is 0.405. The molecule has 6 nitrogen and oxygen atoms in total. The summed E-state index contributed by atoms with van der Waals surface area (Å²) in [5.74, 6) is 0.414. The van der Waals surface area contributed by atoms with E-state index in [-0.39, 0.29) is 11.4 Å². The molecule has 1 N–H and O–H groups in total. The highest BCUT2D eigenvalue weighted by molar-refractivity contribution is 5.94. The minimum atomic E-state index is -4.44. The highest BCUT2D eigenvalue weighted by atomic mass is 19.4. The van der Waals surface area contributed by atoms with Crippen LogP contribution in [0.1, 0.15) is 29.7 Å². The summed E-state index contributed by atoms with van der Waals surface area (Å²) in [6.45, 7) is 5.38. The van der Waals surface area contributed by atoms with Crippen LogP contribution in [0.2, 0.25) is 0 Å². The molecular weight excluding hydrogens is 450 g/mol. The lowest BCUT2D eigenvalue weighted by Crippen LogP contribution is -2.36. The number of nitrogens with one attached hydrogen (secondary N) is 1. The van der Waals surface area contributed by atoms with Crippen molar-refractivity contribution in [1.82, 2.24) is 14.4 Å². The average Bonchev–Trinajstić information content (AvgIpc) is 3.27. The second kappa shape index (κ2) is 8.43. The van der Waals surface area contributed by atoms with Crippen LogP contribution in [0, 0.1) is 12.7 Å². The van der Waals surface area contributed by atoms with Gasteiger partial charge in [-0.3, -0.25) is 4.40 Å². The first-order chi connectivity index (χ1) is 16.2. The molecule has 2 aromatic carbocycles. The molecule has 0 saturated carbocycles. The third-order valence-corrected chi connectivity index (χ3v) is 6.27. The van der Waals surface area contributed by atoms with Gasteiger partial charge < -0.3 is 15.0 Å². The molecule has 0 spiro atoms. The van der Waals surface area contributed by atoms with E-state index in [1.165, 1.54) is 19.1 Å². The number of alkyl halides is 3. The Labute approximate surface area is 193 Å². The number of fused-ring (bicyclic) bond motifs is 3. The van der Waals surface area contributed by atoms with Crippen molar-refractivity contribution in [3.05, 3.63) is 65.2 Å². The first-order valence-corrected chi connectivity index (χ1v) is 11.0. The van der Waals surface area contributed by atoms with E-state index in [9.17, 15) is 13.2 Å². The van der Waals surface area contributed by atoms with Gasteiger partial charge in [0.2, 0.25) is 5.78 Å². The minimum absolute atomic E-state index is 0.154. The molecule has 0 radical (unpaired) electrons. The number of anilines is 2. The average molecular weight is 473 g/mol. The van der Waals surface area contributed by atoms with Gasteiger partial charge in [-0.2, -0.15) is 18.2 Å². The summed E-state index contributed by atoms with van der Waals surface area (Å²) in [5.41, 5.74) is 0.983. The van der Waals surface area contributed by atoms with Gasteiger partial charge in [-0.25, -0.2) is 9.37 Å². The van der Waals surface area contributed by atoms with Crippen LogP contribution in [0.5, 0.6) is 0 Å². The zero-order valence-corrected chi connectivity index (χ0v) is 18.7. The van der Waals surface area contributed by atoms with E-state index in [0.29, 0.717) is 60.1 Å². The summed E-state index contributed by atoms with van der Waals surface area (Å²) < 4.78 is 62.5. The van der Waals surface area contributed by atoms with Gasteiger partial charge in [-0.15, -0.1) is 0 Å². The van der Waals surface area contributed by atoms with Crippen LogP contribution >= 0.6 is 0 Å². The Morgan fingerprint density at radius 3 is 2.65 bits per heavy atom. The van der Waals surface area contributed by atoms with E-state index in [4.69, 9.17) is 4.74 Å². The molecule has 5 rings (SSSR count). The Kier molecular flexibility index (Phi) is 5.55. The zero-order chi connectivity index (χ0) is 24.0. The van der Waals surface area contributed by atoms with E-state index in [0.717, 1.165) is 6.07 Å². The molecule has 1 aliphatic heterocycles. The zero-order valence-electron chi connectivity index (χ0n) is 18.7. The summed E-state index contributed by atoms with van der Waals surface area (Å²) in [4.78, 5) is 10.7. The van der Waals surface area contributed by atoms with Crippen LogP contribution in [0.4, 0.5) is 29.1 Å². The molecule has 0 aliphatic carbocycles. The van der Waals surface area contributed by atoms with Crippen LogP contribution in [0.25, 0.3) is 16.7 Å². The Morgan fingerprint density at radius 2 is 1.91 bits per heavy atom. The fourth-order valence-electron chi connectivity index (χ4n) is 4.54. The molecule has 34 heavy (non-hydrogen) atoms. The summed E-state index contributed by atoms with van der Waals surface area (Å²) >= 11 is 0. The third-order valence-electron chi connectivity index (χ3n) is 6.27. The minimum Gasteiger partial charge on any atom is -0.378 e. The summed E-state index contributed by atoms with van der Waals surface area (Å²) in [6, 6.07) is 6.83. The van der Waals surface area contributed by atoms with Crippen LogP contribution < -0.4 is 10.2 Å². The standard InChI is InChI=1S/C24H23F4N5O/c1-14-16(4-3-5-18(14)24(26,27)28)15(2)30-22-17-12-21(32-8-10-34-11-9-32)19(25)13-20(17)33-7-6-29-23(33)31-22/h3-7,12-13,15H,8-11H2,1-2H3,(H,29,30,31)/t15-/m1/s1. The van der Waals surface area contributed by atoms with Crippen molar-refractivity contribution in [3.8, 4) is 0 Å². The number of halogens is 4. The van der Waals surface area contributed by atoms with Crippen molar-refractivity contribution in [2.75, 3.05) is 36.5 Å². The second-order valence-corrected chi connectivity index (χ2v) is 8.36. The molecule has 1 atom stereocenters. The fourth-order valence-corrected chi connectivity index (χ4v) is 4.54. The predicted molar refractivity (Wildman–Crippen MR) is 122 cm³/mol. The molecule has 178 valence electrons. The highest BCUT2D eigenvalue weighted by Gasteiger charge is 2.33. The molecule has 0 bridgehead atoms. The monoisotopic (exact) mass is 473 g/mol. The largest absolute Gasteiger partial charge is 0.416 e. The molecule has 1 fully saturated rings. The Morgan fingerprint density at radius 1 is 1.15 bits per heavy atom. The number of morpholine rings is 1. The number of benzene rings is 2. The first kappa shape index (κ1) is 22.4. The number of hydrogen-bond donors (Lipinski definition) is 1. The molecule has 2 aromatic heterocycles. The Hall–Kier alpha value is -3.40. The van der Waals surface area contributed by atoms with Crippen LogP contribution in [-0.4, -0.2) is 40.7 Å². The number of imidazole rings is 1. The van der Waals surface area contributed by atoms with Crippen molar-refractivity contribution in [1.29, 1.82) is 0 Å². The van der Waals surface area contributed by atoms with Gasteiger partial charge in [0, 0.05) is 36.9 Å². The molecule has 3 heterocycles. The second-order valence-electron chi connectivity index (χ2n) is 8.36. The Bertz CT molecular complexity index is 1360. The number of aromatic nitrogens is 3. The van der Waals surface area contributed by atoms with Gasteiger partial charge >= 0.3 is 6.18 Å². The SMILES string of the molecule is Cc1c([C@@H](C)Nc2nc3nccn3c3cc(F)c(N4CCOCC4)cc23)cccc1C(F)(F)F. The van der Waals surface area contributed by atoms with E-state index in [1.54, 1.807) is 35.9 Å². The normalized spacial score (nSPS) is 15.8. The molecule has 10 heteroatoms. The van der Waals surface area contributed by atoms with E-state index in [2.05, 4.69) is 15.3 Å². The molecule has 1 saturated heterocycles. The Balaban J connectivity index is 1.61. The van der Waals surface area contributed by atoms with Gasteiger partial charge in [0.25, 0.3) is 0 Å². The summed E-state index contributed by atoms with van der Waals surface area (Å²) in [5, 5.41) is 3.90. The first-order valence-electron chi connectivity index (χ1n) is 11.0. The van der Waals surface area contributed by atoms with Gasteiger partial charge in [-0.05, 0) is 37.1 Å². The van der Waals surface area contributed by atoms with Crippen molar-refractivity contribution >= 4 is 28.2 Å². The molecule has 4 aromatic rings. The van der Waals surface area contributed by atoms with Gasteiger partial charge in [0.1, 0.15) is 11.6 Å². The maximum absolute atomic E-state index is 15.1. The van der Waals surface area contributed by atoms with Gasteiger partial charge in [0.15, 0.2) is 0 Å². The van der Waals surface area contributed by atoms with E-state index in [1.807, 2.05) is 4.90 Å². The number of hydrogen-bond acceptors (Lipinski definition) is 5. The number of nitrogens with zero attached hydrogens (tertiary/aromatic N) is 4. The number of rotatable bonds is 4. The van der Waals surface area contributed by atoms with E-state index >= 15 is 4.39 Å². The van der Waals surface area contributed by atoms with Gasteiger partial charge in [-0.1, -0.05) is 12.1 Å². The maximum Gasteiger partial charge on any atom is 0.416 e. The van der Waals surface area contributed by atoms with Gasteiger partial charge in [0.05, 0.1) is 36.0 Å². The number of ether oxygens (including phenoxy) is 1. The van der Waals surface area contributed by atoms with Crippen molar-refractivity contribution in [2.45, 2.75) is 26.1 Å². The fraction of sp³-hybridized carbons (Fsp3) is 0.333. The molecule has 1 aliphatic rings. The lowest BCUT2D eigenvalue weighted by Gasteiger charge is -2.29. The predicted octanol–water partition coefficient (Wildman–Crippen LogP) is 5.36. The third kappa shape index (κ3) is 3.91. The lowest BCUT2D eigenvalue weighted by molar-refractivity contribution is -0.138. The summed E-state index contributed by atoms with van der Waals surface area (Å²) in [7, 11) is 0. The van der Waals surface area contributed by atoms with Crippen LogP contribution in [-0.2, 0) is 10.9 Å². The molecular formula is C24H23F4N5O. The smallest absolute Gasteiger partial charge is 0.378 e. The maximum atomic E-state index is 15.1. The highest BCUT2D eigenvalue weighted by Crippen LogP contribution is 2.36. The van der Waals surface area contributed by atoms with Crippen molar-refractivity contribution < 1.29 is 22.3 Å². The van der Waals surface area contributed by atoms with Crippen LogP contribution in [0.15, 0.2) is 42.7 Å². The molecule has 0 unspecified atom stereocenters. The van der Waals surface area contributed by atoms with Crippen molar-refractivity contribution in [2.24, 2.45) is 0 Å². The van der Waals surface area contributed by atoms with Crippen molar-refractivity contribution in [3.63, 3.8) is 0 Å². The topological polar surface area (TPSA) is 54.7 Å². The van der Waals surface area contributed by atoms with Crippen LogP contribution in [0.3, 0.4) is 0 Å². The molecule has 0 amide bonds. The lowest BCUT2D eigenvalue weighted by atomic mass is 9.97. The summed E-state index contributed by atoms with van der Waals surface area (Å²) in [6.07, 6.45) is -1.17.